The molecule has 0 aliphatic carbocycles. The van der Waals surface area contributed by atoms with Crippen molar-refractivity contribution in [2.45, 2.75) is 25.8 Å². The Kier molecular flexibility index (Phi) is 5.08. The summed E-state index contributed by atoms with van der Waals surface area (Å²) in [6, 6.07) is 0. The van der Waals surface area contributed by atoms with Crippen molar-refractivity contribution in [3.63, 3.8) is 0 Å². The van der Waals surface area contributed by atoms with Crippen LogP contribution in [0.15, 0.2) is 0 Å². The van der Waals surface area contributed by atoms with Crippen LogP contribution in [0.1, 0.15) is 20.3 Å². The zero-order chi connectivity index (χ0) is 11.4. The van der Waals surface area contributed by atoms with Gasteiger partial charge in [0.2, 0.25) is 5.91 Å². The van der Waals surface area contributed by atoms with Gasteiger partial charge in [-0.15, -0.1) is 0 Å². The van der Waals surface area contributed by atoms with Crippen molar-refractivity contribution in [3.05, 3.63) is 0 Å². The second-order valence-corrected chi connectivity index (χ2v) is 4.94. The van der Waals surface area contributed by atoms with E-state index in [4.69, 9.17) is 5.73 Å². The van der Waals surface area contributed by atoms with Crippen LogP contribution in [0, 0.1) is 0 Å². The number of nitrogens with one attached hydrogen (secondary N) is 1. The van der Waals surface area contributed by atoms with E-state index in [0.717, 1.165) is 13.1 Å². The third-order valence-corrected chi connectivity index (χ3v) is 1.98. The zero-order valence-corrected chi connectivity index (χ0v) is 10.1. The van der Waals surface area contributed by atoms with Crippen LogP contribution >= 0.6 is 0 Å². The Labute approximate surface area is 87.0 Å². The maximum atomic E-state index is 11.6. The summed E-state index contributed by atoms with van der Waals surface area (Å²) in [5.74, 6) is 0.124. The molecule has 4 heteroatoms. The molecule has 0 aliphatic rings. The van der Waals surface area contributed by atoms with Crippen molar-refractivity contribution in [2.75, 3.05) is 34.2 Å². The van der Waals surface area contributed by atoms with Crippen LogP contribution in [-0.4, -0.2) is 50.6 Å². The summed E-state index contributed by atoms with van der Waals surface area (Å²) in [6.45, 7) is 5.50. The number of carbonyl (C=O) groups is 1. The SMILES string of the molecule is CN(CC[NH+](C)C)C(=O)CC(C)(C)N. The van der Waals surface area contributed by atoms with Crippen molar-refractivity contribution in [1.29, 1.82) is 0 Å². The lowest BCUT2D eigenvalue weighted by atomic mass is 10.0. The number of quaternary nitrogens is 1. The van der Waals surface area contributed by atoms with E-state index in [1.807, 2.05) is 20.9 Å². The molecule has 0 bridgehead atoms. The van der Waals surface area contributed by atoms with Gasteiger partial charge in [0.25, 0.3) is 0 Å². The number of nitrogens with zero attached hydrogens (tertiary/aromatic N) is 1. The van der Waals surface area contributed by atoms with Crippen LogP contribution in [0.25, 0.3) is 0 Å². The lowest BCUT2D eigenvalue weighted by Gasteiger charge is -2.23. The molecule has 0 saturated heterocycles. The van der Waals surface area contributed by atoms with E-state index < -0.39 is 5.54 Å². The van der Waals surface area contributed by atoms with E-state index in [0.29, 0.717) is 6.42 Å². The lowest BCUT2D eigenvalue weighted by molar-refractivity contribution is -0.857. The molecule has 4 nitrogen and oxygen atoms in total. The van der Waals surface area contributed by atoms with Crippen LogP contribution in [0.5, 0.6) is 0 Å². The van der Waals surface area contributed by atoms with Gasteiger partial charge in [-0.05, 0) is 13.8 Å². The first-order chi connectivity index (χ1) is 6.22. The maximum Gasteiger partial charge on any atom is 0.224 e. The minimum Gasteiger partial charge on any atom is -0.340 e. The molecule has 84 valence electrons. The zero-order valence-electron chi connectivity index (χ0n) is 10.1. The van der Waals surface area contributed by atoms with Gasteiger partial charge in [-0.3, -0.25) is 4.79 Å². The largest absolute Gasteiger partial charge is 0.340 e. The van der Waals surface area contributed by atoms with E-state index >= 15 is 0 Å². The molecule has 0 aliphatic heterocycles. The predicted molar refractivity (Wildman–Crippen MR) is 58.2 cm³/mol. The van der Waals surface area contributed by atoms with Crippen molar-refractivity contribution in [2.24, 2.45) is 5.73 Å². The Hall–Kier alpha value is -0.610. The number of rotatable bonds is 5. The number of likely N-dealkylation sites (N-methyl/N-ethyl adjacent to an activating group) is 2. The Morgan fingerprint density at radius 2 is 1.93 bits per heavy atom. The fraction of sp³-hybridized carbons (Fsp3) is 0.900. The van der Waals surface area contributed by atoms with Crippen molar-refractivity contribution >= 4 is 5.91 Å². The highest BCUT2D eigenvalue weighted by Crippen LogP contribution is 2.05. The first kappa shape index (κ1) is 13.4. The monoisotopic (exact) mass is 202 g/mol. The van der Waals surface area contributed by atoms with Crippen LogP contribution in [0.2, 0.25) is 0 Å². The van der Waals surface area contributed by atoms with Crippen LogP contribution in [0.3, 0.4) is 0 Å². The number of amides is 1. The molecule has 3 N–H and O–H groups in total. The Bertz CT molecular complexity index is 184. The Balaban J connectivity index is 3.88. The van der Waals surface area contributed by atoms with E-state index in [9.17, 15) is 4.79 Å². The fourth-order valence-corrected chi connectivity index (χ4v) is 1.04. The number of hydrogen-bond donors (Lipinski definition) is 2. The van der Waals surface area contributed by atoms with Crippen LogP contribution in [0.4, 0.5) is 0 Å². The molecule has 0 fully saturated rings. The fourth-order valence-electron chi connectivity index (χ4n) is 1.04. The summed E-state index contributed by atoms with van der Waals surface area (Å²) in [7, 11) is 5.98. The highest BCUT2D eigenvalue weighted by molar-refractivity contribution is 5.76. The third kappa shape index (κ3) is 6.86. The maximum absolute atomic E-state index is 11.6. The normalized spacial score (nSPS) is 11.9. The molecule has 1 amide bonds. The smallest absolute Gasteiger partial charge is 0.224 e. The molecule has 0 spiro atoms. The van der Waals surface area contributed by atoms with Crippen molar-refractivity contribution in [3.8, 4) is 0 Å². The second kappa shape index (κ2) is 5.32. The molecule has 0 rings (SSSR count). The minimum atomic E-state index is -0.406. The van der Waals surface area contributed by atoms with E-state index in [2.05, 4.69) is 14.1 Å². The van der Waals surface area contributed by atoms with Gasteiger partial charge >= 0.3 is 0 Å². The molecule has 14 heavy (non-hydrogen) atoms. The summed E-state index contributed by atoms with van der Waals surface area (Å²) in [5.41, 5.74) is 5.37. The van der Waals surface area contributed by atoms with Gasteiger partial charge in [0, 0.05) is 19.0 Å². The van der Waals surface area contributed by atoms with Gasteiger partial charge in [0.1, 0.15) is 0 Å². The second-order valence-electron chi connectivity index (χ2n) is 4.94. The van der Waals surface area contributed by atoms with E-state index in [-0.39, 0.29) is 5.91 Å². The first-order valence-electron chi connectivity index (χ1n) is 5.04. The molecule has 0 aromatic rings. The minimum absolute atomic E-state index is 0.124. The molecular formula is C10H24N3O+. The molecule has 0 heterocycles. The number of hydrogen-bond acceptors (Lipinski definition) is 2. The summed E-state index contributed by atoms with van der Waals surface area (Å²) in [5, 5.41) is 0. The predicted octanol–water partition coefficient (Wildman–Crippen LogP) is -1.28. The third-order valence-electron chi connectivity index (χ3n) is 1.98. The average molecular weight is 202 g/mol. The number of nitrogens with two attached hydrogens (primary N) is 1. The van der Waals surface area contributed by atoms with Gasteiger partial charge in [0.05, 0.1) is 27.2 Å². The highest BCUT2D eigenvalue weighted by atomic mass is 16.2. The van der Waals surface area contributed by atoms with Gasteiger partial charge in [-0.1, -0.05) is 0 Å². The lowest BCUT2D eigenvalue weighted by Crippen LogP contribution is -3.06. The topological polar surface area (TPSA) is 50.8 Å². The standard InChI is InChI=1S/C10H23N3O/c1-10(2,11)8-9(14)13(5)7-6-12(3)4/h6-8,11H2,1-5H3/p+1. The van der Waals surface area contributed by atoms with Crippen molar-refractivity contribution < 1.29 is 9.69 Å². The summed E-state index contributed by atoms with van der Waals surface area (Å²) in [6.07, 6.45) is 0.409. The summed E-state index contributed by atoms with van der Waals surface area (Å²) < 4.78 is 0. The highest BCUT2D eigenvalue weighted by Gasteiger charge is 2.19. The average Bonchev–Trinajstić information content (AvgIpc) is 1.96. The molecule has 0 aromatic heterocycles. The summed E-state index contributed by atoms with van der Waals surface area (Å²) in [4.78, 5) is 14.7. The van der Waals surface area contributed by atoms with E-state index in [1.165, 1.54) is 4.90 Å². The first-order valence-corrected chi connectivity index (χ1v) is 5.04. The quantitative estimate of drug-likeness (QED) is 0.583. The molecule has 0 saturated carbocycles. The van der Waals surface area contributed by atoms with E-state index in [1.54, 1.807) is 4.90 Å². The van der Waals surface area contributed by atoms with Gasteiger partial charge < -0.3 is 15.5 Å². The molecule has 0 aromatic carbocycles. The molecular weight excluding hydrogens is 178 g/mol. The van der Waals surface area contributed by atoms with Crippen molar-refractivity contribution in [1.82, 2.24) is 4.90 Å². The Morgan fingerprint density at radius 3 is 2.29 bits per heavy atom. The molecule has 0 radical (unpaired) electrons. The summed E-state index contributed by atoms with van der Waals surface area (Å²) >= 11 is 0. The van der Waals surface area contributed by atoms with Crippen LogP contribution in [-0.2, 0) is 4.79 Å². The van der Waals surface area contributed by atoms with Gasteiger partial charge in [-0.2, -0.15) is 0 Å². The molecule has 0 unspecified atom stereocenters. The van der Waals surface area contributed by atoms with Crippen LogP contribution < -0.4 is 10.6 Å². The Morgan fingerprint density at radius 1 is 1.43 bits per heavy atom. The molecule has 0 atom stereocenters. The van der Waals surface area contributed by atoms with Gasteiger partial charge in [-0.25, -0.2) is 0 Å². The number of carbonyl (C=O) groups excluding carboxylic acids is 1. The van der Waals surface area contributed by atoms with Gasteiger partial charge in [0.15, 0.2) is 0 Å².